The Morgan fingerprint density at radius 2 is 1.88 bits per heavy atom. The third-order valence-electron chi connectivity index (χ3n) is 5.81. The number of nitrogens with two attached hydrogens (primary N) is 1. The maximum absolute atomic E-state index is 13.5. The van der Waals surface area contributed by atoms with Gasteiger partial charge in [0.2, 0.25) is 0 Å². The van der Waals surface area contributed by atoms with E-state index < -0.39 is 23.9 Å². The molecule has 2 unspecified atom stereocenters. The smallest absolute Gasteiger partial charge is 0.416 e. The largest absolute Gasteiger partial charge is 0.482 e. The van der Waals surface area contributed by atoms with E-state index in [0.717, 1.165) is 23.9 Å². The number of aliphatic hydroxyl groups excluding tert-OH is 1. The van der Waals surface area contributed by atoms with Crippen LogP contribution in [0.3, 0.4) is 0 Å². The minimum atomic E-state index is -4.56. The lowest BCUT2D eigenvalue weighted by atomic mass is 9.93. The number of aliphatic hydroxyl groups is 1. The van der Waals surface area contributed by atoms with E-state index in [0.29, 0.717) is 18.5 Å². The highest BCUT2D eigenvalue weighted by atomic mass is 35.5. The second-order valence-electron chi connectivity index (χ2n) is 8.31. The molecule has 1 fully saturated rings. The lowest BCUT2D eigenvalue weighted by Crippen LogP contribution is -2.38. The lowest BCUT2D eigenvalue weighted by Gasteiger charge is -2.26. The normalized spacial score (nSPS) is 19.6. The number of ether oxygens (including phenoxy) is 1. The van der Waals surface area contributed by atoms with Crippen LogP contribution in [0, 0.1) is 0 Å². The van der Waals surface area contributed by atoms with Crippen molar-refractivity contribution in [2.45, 2.75) is 37.6 Å². The molecule has 6 nitrogen and oxygen atoms in total. The Morgan fingerprint density at radius 1 is 1.12 bits per heavy atom. The van der Waals surface area contributed by atoms with Gasteiger partial charge in [-0.25, -0.2) is 4.98 Å². The Kier molecular flexibility index (Phi) is 6.97. The molecule has 3 aromatic rings. The number of pyridine rings is 2. The zero-order valence-electron chi connectivity index (χ0n) is 18.3. The SMILES string of the molecule is CC(Oc1cc(-c2ccc(C3CNC[C@H](O)C3)nc2)cnc1N)c1cc(Cl)ccc1C(F)(F)F. The molecule has 10 heteroatoms. The van der Waals surface area contributed by atoms with Crippen LogP contribution in [-0.2, 0) is 6.18 Å². The Labute approximate surface area is 199 Å². The number of piperidine rings is 1. The van der Waals surface area contributed by atoms with Crippen molar-refractivity contribution >= 4 is 17.4 Å². The zero-order valence-corrected chi connectivity index (χ0v) is 19.1. The first-order valence-electron chi connectivity index (χ1n) is 10.8. The minimum absolute atomic E-state index is 0.0537. The van der Waals surface area contributed by atoms with Crippen molar-refractivity contribution in [1.29, 1.82) is 0 Å². The summed E-state index contributed by atoms with van der Waals surface area (Å²) in [5, 5.41) is 13.2. The molecule has 2 aromatic heterocycles. The van der Waals surface area contributed by atoms with Gasteiger partial charge in [-0.05, 0) is 43.7 Å². The van der Waals surface area contributed by atoms with Crippen LogP contribution < -0.4 is 15.8 Å². The van der Waals surface area contributed by atoms with Crippen LogP contribution in [0.25, 0.3) is 11.1 Å². The number of hydrogen-bond donors (Lipinski definition) is 3. The minimum Gasteiger partial charge on any atom is -0.482 e. The molecule has 1 aliphatic rings. The molecule has 3 atom stereocenters. The fraction of sp³-hybridized carbons (Fsp3) is 0.333. The summed E-state index contributed by atoms with van der Waals surface area (Å²) in [5.74, 6) is 0.322. The molecule has 1 saturated heterocycles. The summed E-state index contributed by atoms with van der Waals surface area (Å²) in [4.78, 5) is 8.68. The molecular weight excluding hydrogens is 469 g/mol. The summed E-state index contributed by atoms with van der Waals surface area (Å²) >= 11 is 5.94. The maximum Gasteiger partial charge on any atom is 0.416 e. The highest BCUT2D eigenvalue weighted by Gasteiger charge is 2.35. The van der Waals surface area contributed by atoms with E-state index in [1.165, 1.54) is 19.1 Å². The van der Waals surface area contributed by atoms with E-state index in [-0.39, 0.29) is 28.1 Å². The molecule has 1 aliphatic heterocycles. The number of hydrogen-bond acceptors (Lipinski definition) is 6. The predicted octanol–water partition coefficient (Wildman–Crippen LogP) is 4.98. The second kappa shape index (κ2) is 9.77. The Balaban J connectivity index is 1.57. The topological polar surface area (TPSA) is 93.3 Å². The average Bonchev–Trinajstić information content (AvgIpc) is 2.80. The molecule has 3 heterocycles. The molecule has 0 bridgehead atoms. The monoisotopic (exact) mass is 492 g/mol. The Hall–Kier alpha value is -2.88. The summed E-state index contributed by atoms with van der Waals surface area (Å²) in [6.45, 7) is 2.81. The lowest BCUT2D eigenvalue weighted by molar-refractivity contribution is -0.138. The van der Waals surface area contributed by atoms with E-state index >= 15 is 0 Å². The fourth-order valence-corrected chi connectivity index (χ4v) is 4.23. The van der Waals surface area contributed by atoms with E-state index in [2.05, 4.69) is 15.3 Å². The second-order valence-corrected chi connectivity index (χ2v) is 8.75. The summed E-state index contributed by atoms with van der Waals surface area (Å²) in [6.07, 6.45) is -2.06. The molecule has 4 rings (SSSR count). The number of aromatic nitrogens is 2. The number of nitrogens with one attached hydrogen (secondary N) is 1. The van der Waals surface area contributed by atoms with Crippen molar-refractivity contribution in [2.24, 2.45) is 0 Å². The number of nitrogen functional groups attached to an aromatic ring is 1. The van der Waals surface area contributed by atoms with E-state index in [9.17, 15) is 18.3 Å². The van der Waals surface area contributed by atoms with Gasteiger partial charge in [-0.1, -0.05) is 17.7 Å². The zero-order chi connectivity index (χ0) is 24.5. The van der Waals surface area contributed by atoms with Crippen molar-refractivity contribution in [2.75, 3.05) is 18.8 Å². The third-order valence-corrected chi connectivity index (χ3v) is 6.04. The van der Waals surface area contributed by atoms with Crippen LogP contribution in [0.2, 0.25) is 5.02 Å². The standard InChI is InChI=1S/C24H24ClF3N4O2/c1-13(19-8-17(25)3-4-20(19)24(26,27)28)34-22-7-15(11-32-23(22)29)14-2-5-21(31-10-14)16-6-18(33)12-30-9-16/h2-5,7-8,10-11,13,16,18,30,33H,6,9,12H2,1H3,(H2,29,32)/t13?,16?,18-/m1/s1. The maximum atomic E-state index is 13.5. The third kappa shape index (κ3) is 5.43. The van der Waals surface area contributed by atoms with E-state index in [4.69, 9.17) is 22.1 Å². The molecule has 0 amide bonds. The number of anilines is 1. The molecule has 4 N–H and O–H groups in total. The van der Waals surface area contributed by atoms with Gasteiger partial charge in [0, 0.05) is 58.8 Å². The van der Waals surface area contributed by atoms with Crippen LogP contribution in [0.5, 0.6) is 5.75 Å². The summed E-state index contributed by atoms with van der Waals surface area (Å²) in [7, 11) is 0. The first-order valence-corrected chi connectivity index (χ1v) is 11.1. The van der Waals surface area contributed by atoms with Gasteiger partial charge in [0.05, 0.1) is 11.7 Å². The van der Waals surface area contributed by atoms with Gasteiger partial charge in [0.15, 0.2) is 11.6 Å². The quantitative estimate of drug-likeness (QED) is 0.465. The fourth-order valence-electron chi connectivity index (χ4n) is 4.05. The average molecular weight is 493 g/mol. The summed E-state index contributed by atoms with van der Waals surface area (Å²) in [5.41, 5.74) is 7.29. The highest BCUT2D eigenvalue weighted by Crippen LogP contribution is 2.38. The molecular formula is C24H24ClF3N4O2. The van der Waals surface area contributed by atoms with Crippen molar-refractivity contribution in [3.05, 3.63) is 70.6 Å². The Bertz CT molecular complexity index is 1160. The van der Waals surface area contributed by atoms with Crippen molar-refractivity contribution < 1.29 is 23.0 Å². The van der Waals surface area contributed by atoms with Crippen LogP contribution in [0.15, 0.2) is 48.8 Å². The van der Waals surface area contributed by atoms with Gasteiger partial charge < -0.3 is 20.9 Å². The van der Waals surface area contributed by atoms with Crippen LogP contribution >= 0.6 is 11.6 Å². The number of nitrogens with zero attached hydrogens (tertiary/aromatic N) is 2. The number of rotatable bonds is 5. The molecule has 34 heavy (non-hydrogen) atoms. The number of β-amino-alcohol motifs (C(OH)–C–C–N with tert-alkyl or cyclic N) is 1. The van der Waals surface area contributed by atoms with E-state index in [1.54, 1.807) is 18.5 Å². The molecule has 0 saturated carbocycles. The molecule has 180 valence electrons. The molecule has 0 spiro atoms. The van der Waals surface area contributed by atoms with Crippen molar-refractivity contribution in [1.82, 2.24) is 15.3 Å². The van der Waals surface area contributed by atoms with Gasteiger partial charge >= 0.3 is 6.18 Å². The predicted molar refractivity (Wildman–Crippen MR) is 124 cm³/mol. The van der Waals surface area contributed by atoms with E-state index in [1.807, 2.05) is 12.1 Å². The first kappa shape index (κ1) is 24.3. The van der Waals surface area contributed by atoms with Gasteiger partial charge in [0.1, 0.15) is 6.10 Å². The molecule has 0 aliphatic carbocycles. The highest BCUT2D eigenvalue weighted by molar-refractivity contribution is 6.30. The first-order chi connectivity index (χ1) is 16.1. The van der Waals surface area contributed by atoms with Gasteiger partial charge in [0.25, 0.3) is 0 Å². The summed E-state index contributed by atoms with van der Waals surface area (Å²) < 4.78 is 46.2. The number of halogens is 4. The van der Waals surface area contributed by atoms with Gasteiger partial charge in [-0.3, -0.25) is 4.98 Å². The Morgan fingerprint density at radius 3 is 2.56 bits per heavy atom. The van der Waals surface area contributed by atoms with Gasteiger partial charge in [-0.15, -0.1) is 0 Å². The van der Waals surface area contributed by atoms with Crippen molar-refractivity contribution in [3.63, 3.8) is 0 Å². The van der Waals surface area contributed by atoms with Crippen LogP contribution in [-0.4, -0.2) is 34.3 Å². The molecule has 0 radical (unpaired) electrons. The number of alkyl halides is 3. The van der Waals surface area contributed by atoms with Crippen molar-refractivity contribution in [3.8, 4) is 16.9 Å². The molecule has 1 aromatic carbocycles. The van der Waals surface area contributed by atoms with Gasteiger partial charge in [-0.2, -0.15) is 13.2 Å². The summed E-state index contributed by atoms with van der Waals surface area (Å²) in [6, 6.07) is 8.76. The van der Waals surface area contributed by atoms with Crippen LogP contribution in [0.4, 0.5) is 19.0 Å². The number of benzene rings is 1. The van der Waals surface area contributed by atoms with Crippen LogP contribution in [0.1, 0.15) is 42.2 Å².